The van der Waals surface area contributed by atoms with Gasteiger partial charge in [-0.2, -0.15) is 0 Å². The molecule has 118 valence electrons. The average molecular weight is 376 g/mol. The SMILES string of the molecule is CC1CNCCC1NS(=O)(=O)c1cc(N(C)C)ccc1Br. The third-order valence-corrected chi connectivity index (χ3v) is 6.30. The molecule has 2 unspecified atom stereocenters. The van der Waals surface area contributed by atoms with E-state index in [0.29, 0.717) is 9.37 Å². The Labute approximate surface area is 135 Å². The Kier molecular flexibility index (Phi) is 5.29. The Morgan fingerprint density at radius 1 is 1.38 bits per heavy atom. The molecule has 2 N–H and O–H groups in total. The molecule has 2 rings (SSSR count). The van der Waals surface area contributed by atoms with Crippen LogP contribution in [0.5, 0.6) is 0 Å². The molecule has 0 radical (unpaired) electrons. The van der Waals surface area contributed by atoms with E-state index in [1.165, 1.54) is 0 Å². The van der Waals surface area contributed by atoms with Gasteiger partial charge in [-0.3, -0.25) is 0 Å². The molecule has 1 saturated heterocycles. The highest BCUT2D eigenvalue weighted by Crippen LogP contribution is 2.27. The summed E-state index contributed by atoms with van der Waals surface area (Å²) in [4.78, 5) is 2.18. The lowest BCUT2D eigenvalue weighted by Gasteiger charge is -2.30. The van der Waals surface area contributed by atoms with Gasteiger partial charge in [-0.25, -0.2) is 13.1 Å². The van der Waals surface area contributed by atoms with Gasteiger partial charge >= 0.3 is 0 Å². The van der Waals surface area contributed by atoms with Gasteiger partial charge in [0.25, 0.3) is 0 Å². The fraction of sp³-hybridized carbons (Fsp3) is 0.571. The van der Waals surface area contributed by atoms with E-state index < -0.39 is 10.0 Å². The van der Waals surface area contributed by atoms with E-state index in [4.69, 9.17) is 0 Å². The quantitative estimate of drug-likeness (QED) is 0.841. The van der Waals surface area contributed by atoms with E-state index in [0.717, 1.165) is 25.2 Å². The number of benzene rings is 1. The summed E-state index contributed by atoms with van der Waals surface area (Å²) in [7, 11) is 0.251. The molecular weight excluding hydrogens is 354 g/mol. The maximum atomic E-state index is 12.7. The number of hydrogen-bond donors (Lipinski definition) is 2. The van der Waals surface area contributed by atoms with Crippen molar-refractivity contribution in [2.75, 3.05) is 32.1 Å². The van der Waals surface area contributed by atoms with Crippen LogP contribution in [0.25, 0.3) is 0 Å². The smallest absolute Gasteiger partial charge is 0.242 e. The molecule has 5 nitrogen and oxygen atoms in total. The predicted octanol–water partition coefficient (Wildman–Crippen LogP) is 1.79. The normalized spacial score (nSPS) is 23.0. The summed E-state index contributed by atoms with van der Waals surface area (Å²) in [5.74, 6) is 0.282. The summed E-state index contributed by atoms with van der Waals surface area (Å²) in [6.07, 6.45) is 0.811. The fourth-order valence-electron chi connectivity index (χ4n) is 2.43. The molecule has 0 amide bonds. The molecule has 1 aromatic rings. The van der Waals surface area contributed by atoms with Crippen molar-refractivity contribution >= 4 is 31.6 Å². The van der Waals surface area contributed by atoms with Gasteiger partial charge in [0.1, 0.15) is 0 Å². The lowest BCUT2D eigenvalue weighted by Crippen LogP contribution is -2.48. The van der Waals surface area contributed by atoms with Crippen LogP contribution in [0, 0.1) is 5.92 Å². The lowest BCUT2D eigenvalue weighted by atomic mass is 9.97. The number of nitrogens with zero attached hydrogens (tertiary/aromatic N) is 1. The van der Waals surface area contributed by atoms with Gasteiger partial charge in [0.05, 0.1) is 4.90 Å². The first kappa shape index (κ1) is 16.7. The number of piperidine rings is 1. The van der Waals surface area contributed by atoms with Crippen LogP contribution in [-0.2, 0) is 10.0 Å². The molecular formula is C14H22BrN3O2S. The minimum absolute atomic E-state index is 0.0221. The Morgan fingerprint density at radius 2 is 2.10 bits per heavy atom. The van der Waals surface area contributed by atoms with Crippen molar-refractivity contribution in [1.29, 1.82) is 0 Å². The first-order valence-corrected chi connectivity index (χ1v) is 9.29. The van der Waals surface area contributed by atoms with Crippen LogP contribution in [0.3, 0.4) is 0 Å². The fourth-order valence-corrected chi connectivity index (χ4v) is 4.79. The van der Waals surface area contributed by atoms with Crippen LogP contribution in [0.1, 0.15) is 13.3 Å². The van der Waals surface area contributed by atoms with Crippen molar-refractivity contribution in [3.05, 3.63) is 22.7 Å². The molecule has 1 aliphatic rings. The van der Waals surface area contributed by atoms with E-state index in [1.807, 2.05) is 25.1 Å². The van der Waals surface area contributed by atoms with E-state index in [-0.39, 0.29) is 12.0 Å². The molecule has 0 spiro atoms. The Hall–Kier alpha value is -0.630. The summed E-state index contributed by atoms with van der Waals surface area (Å²) in [5, 5.41) is 3.27. The highest BCUT2D eigenvalue weighted by Gasteiger charge is 2.28. The van der Waals surface area contributed by atoms with Crippen LogP contribution >= 0.6 is 15.9 Å². The van der Waals surface area contributed by atoms with Crippen molar-refractivity contribution in [3.63, 3.8) is 0 Å². The molecule has 1 aliphatic heterocycles. The molecule has 0 bridgehead atoms. The van der Waals surface area contributed by atoms with Gasteiger partial charge < -0.3 is 10.2 Å². The minimum atomic E-state index is -3.53. The van der Waals surface area contributed by atoms with Crippen molar-refractivity contribution in [2.24, 2.45) is 5.92 Å². The van der Waals surface area contributed by atoms with E-state index in [1.54, 1.807) is 12.1 Å². The van der Waals surface area contributed by atoms with Crippen molar-refractivity contribution in [1.82, 2.24) is 10.0 Å². The number of hydrogen-bond acceptors (Lipinski definition) is 4. The zero-order valence-corrected chi connectivity index (χ0v) is 15.0. The van der Waals surface area contributed by atoms with Crippen LogP contribution < -0.4 is 14.9 Å². The van der Waals surface area contributed by atoms with Crippen LogP contribution in [-0.4, -0.2) is 41.6 Å². The van der Waals surface area contributed by atoms with Crippen LogP contribution in [0.15, 0.2) is 27.6 Å². The molecule has 2 atom stereocenters. The standard InChI is InChI=1S/C14H22BrN3O2S/c1-10-9-16-7-6-13(10)17-21(19,20)14-8-11(18(2)3)4-5-12(14)15/h4-5,8,10,13,16-17H,6-7,9H2,1-3H3. The number of sulfonamides is 1. The zero-order chi connectivity index (χ0) is 15.6. The second kappa shape index (κ2) is 6.64. The predicted molar refractivity (Wildman–Crippen MR) is 89.2 cm³/mol. The van der Waals surface area contributed by atoms with Crippen molar-refractivity contribution in [3.8, 4) is 0 Å². The first-order chi connectivity index (χ1) is 9.81. The van der Waals surface area contributed by atoms with Crippen molar-refractivity contribution in [2.45, 2.75) is 24.3 Å². The molecule has 1 aromatic carbocycles. The highest BCUT2D eigenvalue weighted by atomic mass is 79.9. The summed E-state index contributed by atoms with van der Waals surface area (Å²) in [6, 6.07) is 5.33. The lowest BCUT2D eigenvalue weighted by molar-refractivity contribution is 0.328. The molecule has 0 aliphatic carbocycles. The van der Waals surface area contributed by atoms with Gasteiger partial charge in [-0.1, -0.05) is 6.92 Å². The summed E-state index contributed by atoms with van der Waals surface area (Å²) < 4.78 is 28.8. The van der Waals surface area contributed by atoms with Gasteiger partial charge in [0, 0.05) is 30.3 Å². The van der Waals surface area contributed by atoms with E-state index in [9.17, 15) is 8.42 Å². The van der Waals surface area contributed by atoms with E-state index in [2.05, 4.69) is 32.9 Å². The molecule has 0 aromatic heterocycles. The minimum Gasteiger partial charge on any atom is -0.378 e. The Morgan fingerprint density at radius 3 is 2.71 bits per heavy atom. The Bertz CT molecular complexity index is 604. The molecule has 1 fully saturated rings. The number of rotatable bonds is 4. The van der Waals surface area contributed by atoms with Crippen molar-refractivity contribution < 1.29 is 8.42 Å². The number of anilines is 1. The first-order valence-electron chi connectivity index (χ1n) is 7.01. The molecule has 1 heterocycles. The average Bonchev–Trinajstić information content (AvgIpc) is 2.41. The molecule has 21 heavy (non-hydrogen) atoms. The summed E-state index contributed by atoms with van der Waals surface area (Å²) in [5.41, 5.74) is 0.858. The maximum Gasteiger partial charge on any atom is 0.242 e. The second-order valence-corrected chi connectivity index (χ2v) is 8.24. The van der Waals surface area contributed by atoms with Crippen LogP contribution in [0.4, 0.5) is 5.69 Å². The van der Waals surface area contributed by atoms with Gasteiger partial charge in [0.2, 0.25) is 10.0 Å². The van der Waals surface area contributed by atoms with Gasteiger partial charge in [-0.05, 0) is 59.6 Å². The molecule has 0 saturated carbocycles. The third-order valence-electron chi connectivity index (χ3n) is 3.81. The third kappa shape index (κ3) is 3.97. The summed E-state index contributed by atoms with van der Waals surface area (Å²) in [6.45, 7) is 3.74. The summed E-state index contributed by atoms with van der Waals surface area (Å²) >= 11 is 3.35. The van der Waals surface area contributed by atoms with Gasteiger partial charge in [-0.15, -0.1) is 0 Å². The van der Waals surface area contributed by atoms with E-state index >= 15 is 0 Å². The zero-order valence-electron chi connectivity index (χ0n) is 12.6. The Balaban J connectivity index is 2.28. The highest BCUT2D eigenvalue weighted by molar-refractivity contribution is 9.10. The number of halogens is 1. The largest absolute Gasteiger partial charge is 0.378 e. The molecule has 7 heteroatoms. The van der Waals surface area contributed by atoms with Crippen LogP contribution in [0.2, 0.25) is 0 Å². The monoisotopic (exact) mass is 375 g/mol. The number of nitrogens with one attached hydrogen (secondary N) is 2. The maximum absolute atomic E-state index is 12.7. The van der Waals surface area contributed by atoms with Gasteiger partial charge in [0.15, 0.2) is 0 Å². The topological polar surface area (TPSA) is 61.4 Å². The second-order valence-electron chi connectivity index (χ2n) is 5.71.